The molecule has 0 amide bonds. The van der Waals surface area contributed by atoms with Gasteiger partial charge < -0.3 is 0 Å². The van der Waals surface area contributed by atoms with E-state index in [0.717, 1.165) is 31.9 Å². The summed E-state index contributed by atoms with van der Waals surface area (Å²) in [6.07, 6.45) is 10.9. The average Bonchev–Trinajstić information content (AvgIpc) is 3.56. The van der Waals surface area contributed by atoms with E-state index in [1.54, 1.807) is 10.5 Å². The van der Waals surface area contributed by atoms with E-state index in [-0.39, 0.29) is 0 Å². The van der Waals surface area contributed by atoms with Gasteiger partial charge in [0.2, 0.25) is 0 Å². The Morgan fingerprint density at radius 1 is 1.07 bits per heavy atom. The zero-order valence-corrected chi connectivity index (χ0v) is 17.6. The number of allylic oxidation sites excluding steroid dienone is 1. The standard InChI is InChI=1S/C24H29N3S/c1-17-6-10-21(11-7-17)28-23-5-3-2-4-19(23)15-27-13-12-22-20(16-27)14-25-24(26-22)18-8-9-18/h6-7,10-11,14,18H,2-5,8-9,12-13,15-16H2,1H3. The molecule has 0 atom stereocenters. The minimum absolute atomic E-state index is 0.650. The number of fused-ring (bicyclic) bond motifs is 1. The molecular weight excluding hydrogens is 362 g/mol. The Kier molecular flexibility index (Phi) is 5.25. The molecule has 2 heterocycles. The summed E-state index contributed by atoms with van der Waals surface area (Å²) in [6, 6.07) is 8.99. The molecule has 1 aromatic heterocycles. The number of aromatic nitrogens is 2. The van der Waals surface area contributed by atoms with Gasteiger partial charge in [-0.2, -0.15) is 0 Å². The Hall–Kier alpha value is -1.65. The minimum atomic E-state index is 0.650. The van der Waals surface area contributed by atoms with Gasteiger partial charge in [0.25, 0.3) is 0 Å². The number of thioether (sulfide) groups is 1. The SMILES string of the molecule is Cc1ccc(SC2=C(CN3CCc4nc(C5CC5)ncc4C3)CCCC2)cc1. The second kappa shape index (κ2) is 8.00. The average molecular weight is 392 g/mol. The molecule has 1 fully saturated rings. The van der Waals surface area contributed by atoms with E-state index >= 15 is 0 Å². The first-order valence-electron chi connectivity index (χ1n) is 10.8. The van der Waals surface area contributed by atoms with E-state index in [0.29, 0.717) is 5.92 Å². The molecular formula is C24H29N3S. The van der Waals surface area contributed by atoms with Crippen LogP contribution in [0.15, 0.2) is 45.8 Å². The third kappa shape index (κ3) is 4.18. The molecule has 0 N–H and O–H groups in total. The van der Waals surface area contributed by atoms with Crippen LogP contribution in [0, 0.1) is 6.92 Å². The number of benzene rings is 1. The summed E-state index contributed by atoms with van der Waals surface area (Å²) in [5.41, 5.74) is 5.65. The summed E-state index contributed by atoms with van der Waals surface area (Å²) in [5, 5.41) is 0. The van der Waals surface area contributed by atoms with Gasteiger partial charge in [0.05, 0.1) is 0 Å². The predicted molar refractivity (Wildman–Crippen MR) is 116 cm³/mol. The van der Waals surface area contributed by atoms with Crippen molar-refractivity contribution >= 4 is 11.8 Å². The van der Waals surface area contributed by atoms with Crippen LogP contribution < -0.4 is 0 Å². The van der Waals surface area contributed by atoms with Crippen molar-refractivity contribution in [1.82, 2.24) is 14.9 Å². The Morgan fingerprint density at radius 2 is 1.89 bits per heavy atom. The zero-order valence-electron chi connectivity index (χ0n) is 16.8. The van der Waals surface area contributed by atoms with Gasteiger partial charge >= 0.3 is 0 Å². The van der Waals surface area contributed by atoms with Crippen molar-refractivity contribution in [1.29, 1.82) is 0 Å². The van der Waals surface area contributed by atoms with Crippen molar-refractivity contribution in [2.24, 2.45) is 0 Å². The summed E-state index contributed by atoms with van der Waals surface area (Å²) < 4.78 is 0. The summed E-state index contributed by atoms with van der Waals surface area (Å²) in [7, 11) is 0. The van der Waals surface area contributed by atoms with Crippen molar-refractivity contribution in [2.75, 3.05) is 13.1 Å². The van der Waals surface area contributed by atoms with Crippen LogP contribution >= 0.6 is 11.8 Å². The summed E-state index contributed by atoms with van der Waals surface area (Å²) >= 11 is 2.00. The maximum atomic E-state index is 4.88. The lowest BCUT2D eigenvalue weighted by atomic mass is 9.97. The zero-order chi connectivity index (χ0) is 18.9. The van der Waals surface area contributed by atoms with Gasteiger partial charge in [-0.05, 0) is 68.1 Å². The Balaban J connectivity index is 1.29. The number of hydrogen-bond acceptors (Lipinski definition) is 4. The van der Waals surface area contributed by atoms with Crippen LogP contribution in [0.25, 0.3) is 0 Å². The molecule has 0 unspecified atom stereocenters. The molecule has 1 aromatic carbocycles. The molecule has 0 spiro atoms. The lowest BCUT2D eigenvalue weighted by Gasteiger charge is -2.31. The number of aryl methyl sites for hydroxylation is 1. The van der Waals surface area contributed by atoms with Crippen LogP contribution in [0.1, 0.15) is 67.1 Å². The molecule has 4 heteroatoms. The maximum absolute atomic E-state index is 4.88. The first kappa shape index (κ1) is 18.4. The van der Waals surface area contributed by atoms with Gasteiger partial charge in [-0.1, -0.05) is 29.5 Å². The maximum Gasteiger partial charge on any atom is 0.131 e. The van der Waals surface area contributed by atoms with Gasteiger partial charge in [0, 0.05) is 54.3 Å². The molecule has 28 heavy (non-hydrogen) atoms. The van der Waals surface area contributed by atoms with Gasteiger partial charge in [0.1, 0.15) is 5.82 Å². The molecule has 2 aliphatic carbocycles. The highest BCUT2D eigenvalue weighted by atomic mass is 32.2. The Morgan fingerprint density at radius 3 is 2.71 bits per heavy atom. The molecule has 1 saturated carbocycles. The second-order valence-electron chi connectivity index (χ2n) is 8.58. The Bertz CT molecular complexity index is 883. The first-order valence-corrected chi connectivity index (χ1v) is 11.6. The van der Waals surface area contributed by atoms with Crippen molar-refractivity contribution < 1.29 is 0 Å². The van der Waals surface area contributed by atoms with E-state index in [1.165, 1.54) is 60.2 Å². The van der Waals surface area contributed by atoms with Crippen molar-refractivity contribution in [3.8, 4) is 0 Å². The highest BCUT2D eigenvalue weighted by Crippen LogP contribution is 2.39. The fourth-order valence-corrected chi connectivity index (χ4v) is 5.43. The van der Waals surface area contributed by atoms with Crippen molar-refractivity contribution in [3.63, 3.8) is 0 Å². The monoisotopic (exact) mass is 391 g/mol. The van der Waals surface area contributed by atoms with E-state index in [1.807, 2.05) is 11.8 Å². The fourth-order valence-electron chi connectivity index (χ4n) is 4.31. The number of rotatable bonds is 5. The third-order valence-electron chi connectivity index (χ3n) is 6.18. The lowest BCUT2D eigenvalue weighted by Crippen LogP contribution is -2.33. The fraction of sp³-hybridized carbons (Fsp3) is 0.500. The molecule has 0 saturated heterocycles. The molecule has 3 aliphatic rings. The first-order chi connectivity index (χ1) is 13.7. The van der Waals surface area contributed by atoms with Crippen molar-refractivity contribution in [3.05, 3.63) is 63.6 Å². The summed E-state index contributed by atoms with van der Waals surface area (Å²) in [6.45, 7) is 5.40. The molecule has 146 valence electrons. The van der Waals surface area contributed by atoms with Crippen LogP contribution in [-0.4, -0.2) is 28.0 Å². The van der Waals surface area contributed by atoms with Crippen LogP contribution in [-0.2, 0) is 13.0 Å². The van der Waals surface area contributed by atoms with E-state index in [4.69, 9.17) is 4.98 Å². The second-order valence-corrected chi connectivity index (χ2v) is 9.75. The summed E-state index contributed by atoms with van der Waals surface area (Å²) in [4.78, 5) is 15.1. The quantitative estimate of drug-likeness (QED) is 0.659. The van der Waals surface area contributed by atoms with Gasteiger partial charge in [-0.15, -0.1) is 0 Å². The smallest absolute Gasteiger partial charge is 0.131 e. The molecule has 3 nitrogen and oxygen atoms in total. The van der Waals surface area contributed by atoms with Crippen LogP contribution in [0.4, 0.5) is 0 Å². The van der Waals surface area contributed by atoms with Crippen LogP contribution in [0.3, 0.4) is 0 Å². The number of hydrogen-bond donors (Lipinski definition) is 0. The van der Waals surface area contributed by atoms with Gasteiger partial charge in [-0.25, -0.2) is 9.97 Å². The summed E-state index contributed by atoms with van der Waals surface area (Å²) in [5.74, 6) is 1.75. The van der Waals surface area contributed by atoms with Crippen molar-refractivity contribution in [2.45, 2.75) is 69.2 Å². The van der Waals surface area contributed by atoms with Gasteiger partial charge in [0.15, 0.2) is 0 Å². The molecule has 1 aliphatic heterocycles. The van der Waals surface area contributed by atoms with E-state index < -0.39 is 0 Å². The molecule has 0 bridgehead atoms. The lowest BCUT2D eigenvalue weighted by molar-refractivity contribution is 0.268. The van der Waals surface area contributed by atoms with Crippen LogP contribution in [0.5, 0.6) is 0 Å². The highest BCUT2D eigenvalue weighted by molar-refractivity contribution is 8.03. The third-order valence-corrected chi connectivity index (χ3v) is 7.42. The van der Waals surface area contributed by atoms with Crippen LogP contribution in [0.2, 0.25) is 0 Å². The molecule has 5 rings (SSSR count). The topological polar surface area (TPSA) is 29.0 Å². The number of nitrogens with zero attached hydrogens (tertiary/aromatic N) is 3. The molecule has 0 radical (unpaired) electrons. The minimum Gasteiger partial charge on any atom is -0.295 e. The normalized spacial score (nSPS) is 20.3. The van der Waals surface area contributed by atoms with E-state index in [2.05, 4.69) is 47.3 Å². The highest BCUT2D eigenvalue weighted by Gasteiger charge is 2.28. The Labute approximate surface area is 172 Å². The van der Waals surface area contributed by atoms with E-state index in [9.17, 15) is 0 Å². The predicted octanol–water partition coefficient (Wildman–Crippen LogP) is 5.64. The largest absolute Gasteiger partial charge is 0.295 e. The molecule has 2 aromatic rings. The van der Waals surface area contributed by atoms with Gasteiger partial charge in [-0.3, -0.25) is 4.90 Å².